The van der Waals surface area contributed by atoms with Crippen molar-refractivity contribution in [3.05, 3.63) is 259 Å². The van der Waals surface area contributed by atoms with Gasteiger partial charge in [0.2, 0.25) is 0 Å². The molecule has 0 unspecified atom stereocenters. The highest BCUT2D eigenvalue weighted by atomic mass is 16.3. The van der Waals surface area contributed by atoms with Crippen LogP contribution >= 0.6 is 0 Å². The zero-order valence-corrected chi connectivity index (χ0v) is 34.4. The molecule has 2 nitrogen and oxygen atoms in total. The van der Waals surface area contributed by atoms with Gasteiger partial charge in [0, 0.05) is 33.8 Å². The number of hydrogen-bond acceptors (Lipinski definition) is 2. The monoisotopic (exact) mass is 801 g/mol. The third-order valence-corrected chi connectivity index (χ3v) is 13.5. The molecular formula is C61H39NO. The fourth-order valence-electron chi connectivity index (χ4n) is 10.9. The minimum atomic E-state index is -0.428. The van der Waals surface area contributed by atoms with Gasteiger partial charge in [0.25, 0.3) is 0 Å². The lowest BCUT2D eigenvalue weighted by Gasteiger charge is -2.32. The van der Waals surface area contributed by atoms with Gasteiger partial charge < -0.3 is 9.32 Å². The van der Waals surface area contributed by atoms with Crippen molar-refractivity contribution in [3.63, 3.8) is 0 Å². The second kappa shape index (κ2) is 13.9. The molecule has 10 aromatic carbocycles. The van der Waals surface area contributed by atoms with Crippen LogP contribution in [0, 0.1) is 0 Å². The van der Waals surface area contributed by atoms with Gasteiger partial charge in [0.15, 0.2) is 0 Å². The lowest BCUT2D eigenvalue weighted by atomic mass is 9.70. The average molecular weight is 802 g/mol. The normalized spacial score (nSPS) is 12.9. The van der Waals surface area contributed by atoms with Gasteiger partial charge in [0.05, 0.1) is 11.1 Å². The summed E-state index contributed by atoms with van der Waals surface area (Å²) in [5.74, 6) is 0. The van der Waals surface area contributed by atoms with Gasteiger partial charge in [0.1, 0.15) is 11.2 Å². The number of hydrogen-bond donors (Lipinski definition) is 0. The van der Waals surface area contributed by atoms with E-state index in [1.165, 1.54) is 55.6 Å². The Morgan fingerprint density at radius 3 is 1.46 bits per heavy atom. The maximum Gasteiger partial charge on any atom is 0.137 e. The molecule has 1 spiro atoms. The second-order valence-electron chi connectivity index (χ2n) is 16.7. The van der Waals surface area contributed by atoms with Crippen LogP contribution < -0.4 is 4.90 Å². The molecule has 11 aromatic rings. The van der Waals surface area contributed by atoms with Crippen molar-refractivity contribution < 1.29 is 4.42 Å². The first-order chi connectivity index (χ1) is 31.3. The standard InChI is InChI=1S/C61H39NO/c1-3-18-40(19-4-1)44-22-7-8-27-51(44)60-45(41-20-5-2-6-21-41)28-17-32-57(60)62(43-34-36-50-49-26-12-16-33-58(49)63-59(50)39-43)42-35-37-56-52(38-42)48-25-11-15-31-55(48)61(56)53-29-13-9-23-46(53)47-24-10-14-30-54(47)61/h1-39H. The third kappa shape index (κ3) is 5.19. The van der Waals surface area contributed by atoms with E-state index >= 15 is 0 Å². The highest BCUT2D eigenvalue weighted by Crippen LogP contribution is 2.63. The van der Waals surface area contributed by atoms with Crippen molar-refractivity contribution in [2.75, 3.05) is 4.90 Å². The molecule has 0 amide bonds. The van der Waals surface area contributed by atoms with Gasteiger partial charge in [-0.1, -0.05) is 194 Å². The lowest BCUT2D eigenvalue weighted by molar-refractivity contribution is 0.669. The van der Waals surface area contributed by atoms with Gasteiger partial charge in [-0.3, -0.25) is 0 Å². The van der Waals surface area contributed by atoms with E-state index in [0.29, 0.717) is 0 Å². The highest BCUT2D eigenvalue weighted by molar-refractivity contribution is 6.07. The first kappa shape index (κ1) is 35.5. The Morgan fingerprint density at radius 1 is 0.302 bits per heavy atom. The lowest BCUT2D eigenvalue weighted by Crippen LogP contribution is -2.25. The SMILES string of the molecule is c1ccc(-c2ccccc2-c2c(-c3ccccc3)cccc2N(c2ccc3c(c2)-c2ccccc2C32c3ccccc3-c3ccccc32)c2ccc3c(c2)oc2ccccc23)cc1. The number of para-hydroxylation sites is 1. The third-order valence-electron chi connectivity index (χ3n) is 13.5. The number of anilines is 3. The number of furan rings is 1. The summed E-state index contributed by atoms with van der Waals surface area (Å²) < 4.78 is 6.62. The molecule has 0 atom stereocenters. The minimum absolute atomic E-state index is 0.428. The van der Waals surface area contributed by atoms with Gasteiger partial charge >= 0.3 is 0 Å². The Kier molecular flexibility index (Phi) is 7.85. The van der Waals surface area contributed by atoms with Crippen molar-refractivity contribution in [1.82, 2.24) is 0 Å². The molecule has 294 valence electrons. The Balaban J connectivity index is 1.11. The molecule has 0 aliphatic heterocycles. The molecule has 0 saturated heterocycles. The van der Waals surface area contributed by atoms with Crippen LogP contribution in [0.1, 0.15) is 22.3 Å². The number of fused-ring (bicyclic) bond motifs is 13. The van der Waals surface area contributed by atoms with Gasteiger partial charge in [-0.25, -0.2) is 0 Å². The van der Waals surface area contributed by atoms with E-state index in [1.807, 2.05) is 6.07 Å². The predicted molar refractivity (Wildman–Crippen MR) is 261 cm³/mol. The smallest absolute Gasteiger partial charge is 0.137 e. The van der Waals surface area contributed by atoms with Crippen LogP contribution in [0.4, 0.5) is 17.1 Å². The van der Waals surface area contributed by atoms with Gasteiger partial charge in [-0.2, -0.15) is 0 Å². The molecule has 2 aliphatic rings. The van der Waals surface area contributed by atoms with E-state index in [2.05, 4.69) is 235 Å². The average Bonchev–Trinajstić information content (AvgIpc) is 3.98. The van der Waals surface area contributed by atoms with E-state index in [-0.39, 0.29) is 0 Å². The Morgan fingerprint density at radius 2 is 0.778 bits per heavy atom. The summed E-state index contributed by atoms with van der Waals surface area (Å²) in [5.41, 5.74) is 21.9. The van der Waals surface area contributed by atoms with Crippen LogP contribution in [0.2, 0.25) is 0 Å². The Labute approximate surface area is 366 Å². The maximum absolute atomic E-state index is 6.62. The minimum Gasteiger partial charge on any atom is -0.456 e. The van der Waals surface area contributed by atoms with E-state index in [4.69, 9.17) is 4.42 Å². The number of nitrogens with zero attached hydrogens (tertiary/aromatic N) is 1. The fourth-order valence-corrected chi connectivity index (χ4v) is 10.9. The quantitative estimate of drug-likeness (QED) is 0.167. The largest absolute Gasteiger partial charge is 0.456 e. The number of rotatable bonds is 6. The molecule has 2 heteroatoms. The first-order valence-corrected chi connectivity index (χ1v) is 21.8. The molecule has 1 heterocycles. The van der Waals surface area contributed by atoms with Crippen molar-refractivity contribution in [3.8, 4) is 55.6 Å². The van der Waals surface area contributed by atoms with E-state index in [0.717, 1.165) is 61.3 Å². The Bertz CT molecular complexity index is 3540. The number of benzene rings is 10. The zero-order valence-electron chi connectivity index (χ0n) is 34.4. The van der Waals surface area contributed by atoms with Crippen molar-refractivity contribution in [1.29, 1.82) is 0 Å². The summed E-state index contributed by atoms with van der Waals surface area (Å²) in [7, 11) is 0. The molecule has 1 aromatic heterocycles. The molecule has 0 N–H and O–H groups in total. The fraction of sp³-hybridized carbons (Fsp3) is 0.0164. The zero-order chi connectivity index (χ0) is 41.5. The predicted octanol–water partition coefficient (Wildman–Crippen LogP) is 16.4. The Hall–Kier alpha value is -8.20. The van der Waals surface area contributed by atoms with Gasteiger partial charge in [-0.15, -0.1) is 0 Å². The molecule has 2 aliphatic carbocycles. The molecule has 63 heavy (non-hydrogen) atoms. The molecule has 13 rings (SSSR count). The summed E-state index contributed by atoms with van der Waals surface area (Å²) in [4.78, 5) is 2.46. The summed E-state index contributed by atoms with van der Waals surface area (Å²) >= 11 is 0. The van der Waals surface area contributed by atoms with Gasteiger partial charge in [-0.05, 0) is 109 Å². The maximum atomic E-state index is 6.62. The highest BCUT2D eigenvalue weighted by Gasteiger charge is 2.51. The summed E-state index contributed by atoms with van der Waals surface area (Å²) in [5, 5.41) is 2.22. The molecule has 0 radical (unpaired) electrons. The first-order valence-electron chi connectivity index (χ1n) is 21.8. The van der Waals surface area contributed by atoms with Crippen LogP contribution in [-0.4, -0.2) is 0 Å². The summed E-state index contributed by atoms with van der Waals surface area (Å²) in [6, 6.07) is 86.5. The van der Waals surface area contributed by atoms with E-state index < -0.39 is 5.41 Å². The summed E-state index contributed by atoms with van der Waals surface area (Å²) in [6.07, 6.45) is 0. The topological polar surface area (TPSA) is 16.4 Å². The molecule has 0 bridgehead atoms. The molecule has 0 saturated carbocycles. The van der Waals surface area contributed by atoms with Crippen LogP contribution in [-0.2, 0) is 5.41 Å². The van der Waals surface area contributed by atoms with Crippen molar-refractivity contribution in [2.24, 2.45) is 0 Å². The molecule has 0 fully saturated rings. The van der Waals surface area contributed by atoms with Crippen molar-refractivity contribution in [2.45, 2.75) is 5.41 Å². The summed E-state index contributed by atoms with van der Waals surface area (Å²) in [6.45, 7) is 0. The van der Waals surface area contributed by atoms with E-state index in [1.54, 1.807) is 0 Å². The van der Waals surface area contributed by atoms with E-state index in [9.17, 15) is 0 Å². The van der Waals surface area contributed by atoms with Crippen LogP contribution in [0.5, 0.6) is 0 Å². The van der Waals surface area contributed by atoms with Crippen LogP contribution in [0.15, 0.2) is 241 Å². The van der Waals surface area contributed by atoms with Crippen LogP contribution in [0.3, 0.4) is 0 Å². The molecular weight excluding hydrogens is 763 g/mol. The van der Waals surface area contributed by atoms with Crippen LogP contribution in [0.25, 0.3) is 77.6 Å². The second-order valence-corrected chi connectivity index (χ2v) is 16.7. The van der Waals surface area contributed by atoms with Crippen molar-refractivity contribution >= 4 is 39.0 Å².